The molecule has 0 spiro atoms. The first-order chi connectivity index (χ1) is 9.99. The molecule has 1 atom stereocenters. The number of nitro groups is 1. The molecule has 110 valence electrons. The van der Waals surface area contributed by atoms with Crippen molar-refractivity contribution >= 4 is 23.1 Å². The largest absolute Gasteiger partial charge is 0.358 e. The number of hydrogen-bond donors (Lipinski definition) is 1. The molecule has 2 aromatic rings. The average Bonchev–Trinajstić information content (AvgIpc) is 2.93. The van der Waals surface area contributed by atoms with Crippen LogP contribution in [0, 0.1) is 17.0 Å². The van der Waals surface area contributed by atoms with Crippen LogP contribution >= 0.6 is 11.6 Å². The Morgan fingerprint density at radius 3 is 3.00 bits per heavy atom. The van der Waals surface area contributed by atoms with E-state index in [2.05, 4.69) is 10.4 Å². The predicted octanol–water partition coefficient (Wildman–Crippen LogP) is 3.39. The minimum atomic E-state index is -0.390. The van der Waals surface area contributed by atoms with Crippen LogP contribution in [0.25, 0.3) is 0 Å². The van der Waals surface area contributed by atoms with Gasteiger partial charge in [-0.2, -0.15) is 5.10 Å². The molecule has 1 aromatic heterocycles. The van der Waals surface area contributed by atoms with Crippen molar-refractivity contribution in [1.29, 1.82) is 0 Å². The minimum absolute atomic E-state index is 0.0206. The van der Waals surface area contributed by atoms with Gasteiger partial charge < -0.3 is 5.32 Å². The molecule has 0 amide bonds. The topological polar surface area (TPSA) is 73.0 Å². The smallest absolute Gasteiger partial charge is 0.333 e. The minimum Gasteiger partial charge on any atom is -0.358 e. The van der Waals surface area contributed by atoms with Crippen molar-refractivity contribution in [2.45, 2.75) is 25.8 Å². The number of nitrogens with one attached hydrogen (secondary N) is 1. The van der Waals surface area contributed by atoms with E-state index >= 15 is 0 Å². The number of benzene rings is 1. The van der Waals surface area contributed by atoms with Gasteiger partial charge >= 0.3 is 5.69 Å². The molecule has 0 saturated heterocycles. The van der Waals surface area contributed by atoms with Crippen LogP contribution in [0.1, 0.15) is 29.3 Å². The van der Waals surface area contributed by atoms with Crippen molar-refractivity contribution < 1.29 is 4.92 Å². The Morgan fingerprint density at radius 2 is 2.29 bits per heavy atom. The van der Waals surface area contributed by atoms with Gasteiger partial charge in [0.05, 0.1) is 11.0 Å². The summed E-state index contributed by atoms with van der Waals surface area (Å²) in [5.41, 5.74) is 2.68. The summed E-state index contributed by atoms with van der Waals surface area (Å²) in [5.74, 6) is 0.440. The normalized spacial score (nSPS) is 16.8. The highest BCUT2D eigenvalue weighted by atomic mass is 35.5. The summed E-state index contributed by atoms with van der Waals surface area (Å²) in [4.78, 5) is 10.8. The molecule has 0 aliphatic heterocycles. The zero-order chi connectivity index (χ0) is 15.1. The van der Waals surface area contributed by atoms with Gasteiger partial charge in [-0.3, -0.25) is 10.1 Å². The molecular weight excluding hydrogens is 292 g/mol. The third-order valence-electron chi connectivity index (χ3n) is 3.90. The molecule has 1 aliphatic carbocycles. The van der Waals surface area contributed by atoms with E-state index in [4.69, 9.17) is 11.6 Å². The maximum Gasteiger partial charge on any atom is 0.333 e. The lowest BCUT2D eigenvalue weighted by atomic mass is 10.1. The van der Waals surface area contributed by atoms with Crippen LogP contribution in [0.4, 0.5) is 11.5 Å². The van der Waals surface area contributed by atoms with Crippen LogP contribution in [0.3, 0.4) is 0 Å². The first-order valence-electron chi connectivity index (χ1n) is 6.71. The Morgan fingerprint density at radius 1 is 1.52 bits per heavy atom. The van der Waals surface area contributed by atoms with Gasteiger partial charge in [0.25, 0.3) is 0 Å². The monoisotopic (exact) mass is 306 g/mol. The standard InChI is InChI=1S/C14H15ClN4O2/c1-8-13(19(20)21)14(18(2)17-8)16-12-7-6-9-10(12)4-3-5-11(9)15/h3-5,12,16H,6-7H2,1-2H3/t12-/m0/s1. The SMILES string of the molecule is Cc1nn(C)c(N[C@H]2CCc3c(Cl)cccc32)c1[N+](=O)[O-]. The van der Waals surface area contributed by atoms with E-state index in [9.17, 15) is 10.1 Å². The van der Waals surface area contributed by atoms with Crippen molar-refractivity contribution in [3.8, 4) is 0 Å². The molecule has 0 fully saturated rings. The highest BCUT2D eigenvalue weighted by Crippen LogP contribution is 2.39. The molecule has 1 aliphatic rings. The highest BCUT2D eigenvalue weighted by Gasteiger charge is 2.30. The molecule has 21 heavy (non-hydrogen) atoms. The number of aryl methyl sites for hydroxylation is 2. The van der Waals surface area contributed by atoms with Crippen molar-refractivity contribution in [3.05, 3.63) is 50.2 Å². The lowest BCUT2D eigenvalue weighted by Gasteiger charge is -2.15. The molecule has 0 bridgehead atoms. The number of rotatable bonds is 3. The number of fused-ring (bicyclic) bond motifs is 1. The van der Waals surface area contributed by atoms with Crippen molar-refractivity contribution in [2.75, 3.05) is 5.32 Å². The predicted molar refractivity (Wildman–Crippen MR) is 80.7 cm³/mol. The molecule has 1 aromatic carbocycles. The van der Waals surface area contributed by atoms with Crippen molar-refractivity contribution in [3.63, 3.8) is 0 Å². The second kappa shape index (κ2) is 5.04. The van der Waals surface area contributed by atoms with E-state index in [0.717, 1.165) is 29.0 Å². The van der Waals surface area contributed by atoms with Gasteiger partial charge in [-0.05, 0) is 37.0 Å². The van der Waals surface area contributed by atoms with Crippen LogP contribution in [-0.2, 0) is 13.5 Å². The maximum atomic E-state index is 11.2. The number of hydrogen-bond acceptors (Lipinski definition) is 4. The average molecular weight is 307 g/mol. The lowest BCUT2D eigenvalue weighted by molar-refractivity contribution is -0.384. The number of nitrogens with zero attached hydrogens (tertiary/aromatic N) is 3. The first-order valence-corrected chi connectivity index (χ1v) is 7.08. The van der Waals surface area contributed by atoms with Gasteiger partial charge in [0.1, 0.15) is 5.69 Å². The van der Waals surface area contributed by atoms with E-state index in [0.29, 0.717) is 11.5 Å². The van der Waals surface area contributed by atoms with Crippen molar-refractivity contribution in [2.24, 2.45) is 7.05 Å². The quantitative estimate of drug-likeness (QED) is 0.697. The summed E-state index contributed by atoms with van der Waals surface area (Å²) in [6, 6.07) is 5.82. The first kappa shape index (κ1) is 13.9. The van der Waals surface area contributed by atoms with Gasteiger partial charge in [0, 0.05) is 12.1 Å². The number of halogens is 1. The molecule has 1 heterocycles. The Hall–Kier alpha value is -2.08. The summed E-state index contributed by atoms with van der Waals surface area (Å²) in [6.45, 7) is 1.64. The molecule has 0 saturated carbocycles. The van der Waals surface area contributed by atoms with Crippen LogP contribution in [0.15, 0.2) is 18.2 Å². The second-order valence-electron chi connectivity index (χ2n) is 5.21. The van der Waals surface area contributed by atoms with E-state index in [1.807, 2.05) is 18.2 Å². The fraction of sp³-hybridized carbons (Fsp3) is 0.357. The molecule has 0 unspecified atom stereocenters. The summed E-state index contributed by atoms with van der Waals surface area (Å²) < 4.78 is 1.52. The van der Waals surface area contributed by atoms with Crippen molar-refractivity contribution in [1.82, 2.24) is 9.78 Å². The zero-order valence-corrected chi connectivity index (χ0v) is 12.5. The maximum absolute atomic E-state index is 11.2. The number of anilines is 1. The van der Waals surface area contributed by atoms with Gasteiger partial charge in [0.15, 0.2) is 0 Å². The third-order valence-corrected chi connectivity index (χ3v) is 4.25. The number of aromatic nitrogens is 2. The molecule has 6 nitrogen and oxygen atoms in total. The van der Waals surface area contributed by atoms with Gasteiger partial charge in [-0.25, -0.2) is 4.68 Å². The molecule has 3 rings (SSSR count). The molecule has 0 radical (unpaired) electrons. The van der Waals surface area contributed by atoms with Crippen LogP contribution in [-0.4, -0.2) is 14.7 Å². The summed E-state index contributed by atoms with van der Waals surface area (Å²) >= 11 is 6.20. The molecular formula is C14H15ClN4O2. The van der Waals surface area contributed by atoms with E-state index in [-0.39, 0.29) is 11.7 Å². The van der Waals surface area contributed by atoms with Crippen LogP contribution in [0.5, 0.6) is 0 Å². The fourth-order valence-corrected chi connectivity index (χ4v) is 3.23. The Kier molecular flexibility index (Phi) is 3.33. The fourth-order valence-electron chi connectivity index (χ4n) is 2.95. The molecule has 7 heteroatoms. The van der Waals surface area contributed by atoms with E-state index in [1.54, 1.807) is 14.0 Å². The van der Waals surface area contributed by atoms with E-state index < -0.39 is 4.92 Å². The Balaban J connectivity index is 1.97. The second-order valence-corrected chi connectivity index (χ2v) is 5.61. The van der Waals surface area contributed by atoms with Crippen LogP contribution < -0.4 is 5.32 Å². The molecule has 1 N–H and O–H groups in total. The van der Waals surface area contributed by atoms with Gasteiger partial charge in [-0.15, -0.1) is 0 Å². The third kappa shape index (κ3) is 2.25. The summed E-state index contributed by atoms with van der Waals surface area (Å²) in [6.07, 6.45) is 1.73. The van der Waals surface area contributed by atoms with Crippen LogP contribution in [0.2, 0.25) is 5.02 Å². The zero-order valence-electron chi connectivity index (χ0n) is 11.8. The Bertz CT molecular complexity index is 726. The summed E-state index contributed by atoms with van der Waals surface area (Å²) in [7, 11) is 1.70. The summed E-state index contributed by atoms with van der Waals surface area (Å²) in [5, 5.41) is 19.4. The van der Waals surface area contributed by atoms with Gasteiger partial charge in [-0.1, -0.05) is 23.7 Å². The Labute approximate surface area is 126 Å². The lowest BCUT2D eigenvalue weighted by Crippen LogP contribution is -2.11. The van der Waals surface area contributed by atoms with E-state index in [1.165, 1.54) is 4.68 Å². The van der Waals surface area contributed by atoms with Gasteiger partial charge in [0.2, 0.25) is 5.82 Å². The highest BCUT2D eigenvalue weighted by molar-refractivity contribution is 6.31.